The van der Waals surface area contributed by atoms with E-state index in [-0.39, 0.29) is 5.91 Å². The second-order valence-electron chi connectivity index (χ2n) is 5.39. The first kappa shape index (κ1) is 14.4. The van der Waals surface area contributed by atoms with Gasteiger partial charge in [0.05, 0.1) is 18.5 Å². The second kappa shape index (κ2) is 6.52. The molecule has 4 heteroatoms. The summed E-state index contributed by atoms with van der Waals surface area (Å²) in [6.45, 7) is 2.10. The van der Waals surface area contributed by atoms with Crippen molar-refractivity contribution in [1.82, 2.24) is 0 Å². The Balaban J connectivity index is 1.78. The van der Waals surface area contributed by atoms with Crippen LogP contribution < -0.4 is 15.0 Å². The molecule has 0 spiro atoms. The summed E-state index contributed by atoms with van der Waals surface area (Å²) in [5.41, 5.74) is 2.59. The maximum absolute atomic E-state index is 12.4. The molecular weight excluding hydrogens is 276 g/mol. The van der Waals surface area contributed by atoms with Crippen molar-refractivity contribution in [2.24, 2.45) is 0 Å². The number of nitrogens with zero attached hydrogens (tertiary/aromatic N) is 1. The highest BCUT2D eigenvalue weighted by molar-refractivity contribution is 6.06. The van der Waals surface area contributed by atoms with Crippen molar-refractivity contribution in [3.05, 3.63) is 54.1 Å². The van der Waals surface area contributed by atoms with E-state index in [4.69, 9.17) is 4.74 Å². The maximum Gasteiger partial charge on any atom is 0.255 e. The van der Waals surface area contributed by atoms with Gasteiger partial charge in [-0.15, -0.1) is 0 Å². The second-order valence-corrected chi connectivity index (χ2v) is 5.39. The van der Waals surface area contributed by atoms with E-state index in [9.17, 15) is 4.79 Å². The number of hydrogen-bond acceptors (Lipinski definition) is 3. The van der Waals surface area contributed by atoms with Crippen molar-refractivity contribution in [1.29, 1.82) is 0 Å². The van der Waals surface area contributed by atoms with Gasteiger partial charge in [-0.25, -0.2) is 0 Å². The molecule has 1 fully saturated rings. The van der Waals surface area contributed by atoms with Gasteiger partial charge < -0.3 is 15.0 Å². The molecule has 4 nitrogen and oxygen atoms in total. The van der Waals surface area contributed by atoms with Gasteiger partial charge in [0.15, 0.2) is 0 Å². The van der Waals surface area contributed by atoms with Crippen LogP contribution in [-0.4, -0.2) is 26.1 Å². The molecule has 0 bridgehead atoms. The summed E-state index contributed by atoms with van der Waals surface area (Å²) in [7, 11) is 1.61. The topological polar surface area (TPSA) is 41.6 Å². The average Bonchev–Trinajstić information content (AvgIpc) is 3.10. The molecule has 22 heavy (non-hydrogen) atoms. The predicted octanol–water partition coefficient (Wildman–Crippen LogP) is 3.55. The molecular formula is C18H20N2O2. The molecule has 1 saturated heterocycles. The fourth-order valence-corrected chi connectivity index (χ4v) is 2.75. The number of carbonyl (C=O) groups is 1. The third kappa shape index (κ3) is 3.06. The number of nitrogens with one attached hydrogen (secondary N) is 1. The van der Waals surface area contributed by atoms with Crippen LogP contribution in [0.5, 0.6) is 5.75 Å². The van der Waals surface area contributed by atoms with Gasteiger partial charge in [-0.1, -0.05) is 12.1 Å². The van der Waals surface area contributed by atoms with E-state index in [1.54, 1.807) is 31.4 Å². The molecule has 1 heterocycles. The van der Waals surface area contributed by atoms with Gasteiger partial charge in [0.2, 0.25) is 0 Å². The number of amides is 1. The highest BCUT2D eigenvalue weighted by Crippen LogP contribution is 2.29. The Morgan fingerprint density at radius 2 is 1.73 bits per heavy atom. The zero-order chi connectivity index (χ0) is 15.4. The number of benzene rings is 2. The van der Waals surface area contributed by atoms with E-state index in [0.717, 1.165) is 30.2 Å². The van der Waals surface area contributed by atoms with Crippen molar-refractivity contribution in [3.63, 3.8) is 0 Å². The molecule has 0 aliphatic carbocycles. The van der Waals surface area contributed by atoms with E-state index in [1.807, 2.05) is 18.2 Å². The lowest BCUT2D eigenvalue weighted by Gasteiger charge is -2.21. The Kier molecular flexibility index (Phi) is 4.28. The largest absolute Gasteiger partial charge is 0.497 e. The Morgan fingerprint density at radius 1 is 1.05 bits per heavy atom. The number of methoxy groups -OCH3 is 1. The number of carbonyl (C=O) groups excluding carboxylic acids is 1. The lowest BCUT2D eigenvalue weighted by molar-refractivity contribution is 0.102. The minimum absolute atomic E-state index is 0.103. The van der Waals surface area contributed by atoms with Gasteiger partial charge in [-0.3, -0.25) is 4.79 Å². The fraction of sp³-hybridized carbons (Fsp3) is 0.278. The quantitative estimate of drug-likeness (QED) is 0.938. The monoisotopic (exact) mass is 296 g/mol. The molecule has 1 amide bonds. The standard InChI is InChI=1S/C18H20N2O2/c1-22-15-10-8-14(9-11-15)18(21)19-16-6-2-3-7-17(16)20-12-4-5-13-20/h2-3,6-11H,4-5,12-13H2,1H3,(H,19,21). The summed E-state index contributed by atoms with van der Waals surface area (Å²) in [5, 5.41) is 3.02. The van der Waals surface area contributed by atoms with Crippen molar-refractivity contribution in [2.75, 3.05) is 30.4 Å². The van der Waals surface area contributed by atoms with Crippen LogP contribution in [-0.2, 0) is 0 Å². The smallest absolute Gasteiger partial charge is 0.255 e. The molecule has 2 aromatic rings. The lowest BCUT2D eigenvalue weighted by atomic mass is 10.2. The highest BCUT2D eigenvalue weighted by Gasteiger charge is 2.16. The summed E-state index contributed by atoms with van der Waals surface area (Å²) >= 11 is 0. The summed E-state index contributed by atoms with van der Waals surface area (Å²) in [6, 6.07) is 15.1. The van der Waals surface area contributed by atoms with Crippen LogP contribution in [0.4, 0.5) is 11.4 Å². The number of para-hydroxylation sites is 2. The van der Waals surface area contributed by atoms with Gasteiger partial charge in [0, 0.05) is 18.7 Å². The van der Waals surface area contributed by atoms with Gasteiger partial charge >= 0.3 is 0 Å². The zero-order valence-corrected chi connectivity index (χ0v) is 12.7. The summed E-state index contributed by atoms with van der Waals surface area (Å²) < 4.78 is 5.12. The molecule has 0 saturated carbocycles. The number of rotatable bonds is 4. The van der Waals surface area contributed by atoms with Gasteiger partial charge in [-0.05, 0) is 49.2 Å². The molecule has 1 aliphatic rings. The first-order valence-corrected chi connectivity index (χ1v) is 7.57. The van der Waals surface area contributed by atoms with Crippen molar-refractivity contribution in [2.45, 2.75) is 12.8 Å². The van der Waals surface area contributed by atoms with E-state index >= 15 is 0 Å². The van der Waals surface area contributed by atoms with Gasteiger partial charge in [-0.2, -0.15) is 0 Å². The number of hydrogen-bond donors (Lipinski definition) is 1. The third-order valence-electron chi connectivity index (χ3n) is 3.95. The fourth-order valence-electron chi connectivity index (χ4n) is 2.75. The van der Waals surface area contributed by atoms with Crippen LogP contribution >= 0.6 is 0 Å². The first-order chi connectivity index (χ1) is 10.8. The van der Waals surface area contributed by atoms with Crippen LogP contribution in [0.15, 0.2) is 48.5 Å². The molecule has 0 atom stereocenters. The Bertz CT molecular complexity index is 646. The molecule has 1 N–H and O–H groups in total. The molecule has 0 aromatic heterocycles. The van der Waals surface area contributed by atoms with Crippen molar-refractivity contribution >= 4 is 17.3 Å². The number of anilines is 2. The van der Waals surface area contributed by atoms with E-state index in [1.165, 1.54) is 12.8 Å². The zero-order valence-electron chi connectivity index (χ0n) is 12.7. The first-order valence-electron chi connectivity index (χ1n) is 7.57. The maximum atomic E-state index is 12.4. The summed E-state index contributed by atoms with van der Waals surface area (Å²) in [6.07, 6.45) is 2.42. The van der Waals surface area contributed by atoms with Crippen LogP contribution in [0.3, 0.4) is 0 Å². The van der Waals surface area contributed by atoms with Gasteiger partial charge in [0.25, 0.3) is 5.91 Å². The van der Waals surface area contributed by atoms with Crippen molar-refractivity contribution in [3.8, 4) is 5.75 Å². The molecule has 2 aromatic carbocycles. The Morgan fingerprint density at radius 3 is 2.41 bits per heavy atom. The Labute approximate surface area is 130 Å². The molecule has 3 rings (SSSR count). The van der Waals surface area contributed by atoms with E-state index in [2.05, 4.69) is 16.3 Å². The SMILES string of the molecule is COc1ccc(C(=O)Nc2ccccc2N2CCCC2)cc1. The molecule has 0 radical (unpaired) electrons. The molecule has 0 unspecified atom stereocenters. The minimum Gasteiger partial charge on any atom is -0.497 e. The van der Waals surface area contributed by atoms with E-state index < -0.39 is 0 Å². The highest BCUT2D eigenvalue weighted by atomic mass is 16.5. The summed E-state index contributed by atoms with van der Waals surface area (Å²) in [4.78, 5) is 14.7. The van der Waals surface area contributed by atoms with Crippen LogP contribution in [0, 0.1) is 0 Å². The minimum atomic E-state index is -0.103. The van der Waals surface area contributed by atoms with Crippen molar-refractivity contribution < 1.29 is 9.53 Å². The molecule has 1 aliphatic heterocycles. The average molecular weight is 296 g/mol. The summed E-state index contributed by atoms with van der Waals surface area (Å²) in [5.74, 6) is 0.642. The van der Waals surface area contributed by atoms with Gasteiger partial charge in [0.1, 0.15) is 5.75 Å². The predicted molar refractivity (Wildman–Crippen MR) is 88.8 cm³/mol. The van der Waals surface area contributed by atoms with Crippen LogP contribution in [0.2, 0.25) is 0 Å². The number of ether oxygens (including phenoxy) is 1. The lowest BCUT2D eigenvalue weighted by Crippen LogP contribution is -2.21. The van der Waals surface area contributed by atoms with Crippen LogP contribution in [0.25, 0.3) is 0 Å². The third-order valence-corrected chi connectivity index (χ3v) is 3.95. The molecule has 114 valence electrons. The Hall–Kier alpha value is -2.49. The van der Waals surface area contributed by atoms with E-state index in [0.29, 0.717) is 5.56 Å². The van der Waals surface area contributed by atoms with Crippen LogP contribution in [0.1, 0.15) is 23.2 Å². The normalized spacial score (nSPS) is 14.0.